The first-order chi connectivity index (χ1) is 5.18. The number of allylic oxidation sites excluding steroid dienone is 1. The molecular weight excluding hydrogens is 136 g/mol. The molecule has 0 bridgehead atoms. The van der Waals surface area contributed by atoms with E-state index in [1.54, 1.807) is 13.3 Å². The maximum atomic E-state index is 3.82. The molecule has 0 saturated carbocycles. The molecule has 2 heteroatoms. The highest BCUT2D eigenvalue weighted by atomic mass is 15.3. The van der Waals surface area contributed by atoms with E-state index in [1.165, 1.54) is 0 Å². The van der Waals surface area contributed by atoms with Crippen molar-refractivity contribution < 1.29 is 0 Å². The van der Waals surface area contributed by atoms with Crippen LogP contribution >= 0.6 is 0 Å². The van der Waals surface area contributed by atoms with Crippen molar-refractivity contribution in [3.05, 3.63) is 12.2 Å². The predicted octanol–water partition coefficient (Wildman–Crippen LogP) is 2.43. The van der Waals surface area contributed by atoms with Crippen molar-refractivity contribution in [2.24, 2.45) is 11.0 Å². The van der Waals surface area contributed by atoms with Crippen LogP contribution in [-0.2, 0) is 0 Å². The van der Waals surface area contributed by atoms with E-state index < -0.39 is 0 Å². The Bertz CT molecular complexity index is 115. The van der Waals surface area contributed by atoms with Gasteiger partial charge in [0.2, 0.25) is 0 Å². The zero-order chi connectivity index (χ0) is 9.28. The van der Waals surface area contributed by atoms with E-state index >= 15 is 0 Å². The fourth-order valence-corrected chi connectivity index (χ4v) is 0.297. The summed E-state index contributed by atoms with van der Waals surface area (Å²) in [6.07, 6.45) is 1.74. The second-order valence-electron chi connectivity index (χ2n) is 2.21. The molecule has 66 valence electrons. The van der Waals surface area contributed by atoms with Crippen molar-refractivity contribution in [2.75, 3.05) is 7.05 Å². The third kappa shape index (κ3) is 9.21. The summed E-state index contributed by atoms with van der Waals surface area (Å²) in [5.74, 6) is 0.488. The number of nitrogens with zero attached hydrogens (tertiary/aromatic N) is 1. The molecule has 0 aromatic carbocycles. The van der Waals surface area contributed by atoms with Crippen LogP contribution in [0.5, 0.6) is 0 Å². The quantitative estimate of drug-likeness (QED) is 0.492. The molecule has 1 N–H and O–H groups in total. The van der Waals surface area contributed by atoms with Gasteiger partial charge in [-0.15, -0.1) is 0 Å². The molecule has 0 spiro atoms. The smallest absolute Gasteiger partial charge is 0.0496 e. The van der Waals surface area contributed by atoms with Crippen LogP contribution in [0.1, 0.15) is 27.7 Å². The van der Waals surface area contributed by atoms with E-state index in [2.05, 4.69) is 31.0 Å². The molecule has 0 aromatic heterocycles. The zero-order valence-corrected chi connectivity index (χ0v) is 8.31. The first-order valence-corrected chi connectivity index (χ1v) is 4.07. The van der Waals surface area contributed by atoms with Gasteiger partial charge in [0.1, 0.15) is 0 Å². The molecule has 0 aliphatic rings. The summed E-state index contributed by atoms with van der Waals surface area (Å²) in [5.41, 5.74) is 3.71. The Hall–Kier alpha value is -0.790. The van der Waals surface area contributed by atoms with Crippen molar-refractivity contribution in [1.29, 1.82) is 0 Å². The van der Waals surface area contributed by atoms with Crippen LogP contribution in [0.15, 0.2) is 17.3 Å². The van der Waals surface area contributed by atoms with Crippen molar-refractivity contribution in [1.82, 2.24) is 5.43 Å². The minimum atomic E-state index is 0.488. The molecule has 0 atom stereocenters. The Balaban J connectivity index is 0. The van der Waals surface area contributed by atoms with Crippen LogP contribution < -0.4 is 5.43 Å². The van der Waals surface area contributed by atoms with E-state index in [4.69, 9.17) is 0 Å². The van der Waals surface area contributed by atoms with Gasteiger partial charge in [0.15, 0.2) is 0 Å². The highest BCUT2D eigenvalue weighted by Crippen LogP contribution is 2.01. The Kier molecular flexibility index (Phi) is 10.8. The third-order valence-electron chi connectivity index (χ3n) is 1.10. The van der Waals surface area contributed by atoms with Crippen molar-refractivity contribution in [2.45, 2.75) is 27.7 Å². The van der Waals surface area contributed by atoms with Crippen molar-refractivity contribution in [3.8, 4) is 0 Å². The Morgan fingerprint density at radius 3 is 2.18 bits per heavy atom. The number of nitrogens with one attached hydrogen (secondary N) is 1. The molecule has 2 nitrogen and oxygen atoms in total. The van der Waals surface area contributed by atoms with Gasteiger partial charge in [-0.3, -0.25) is 0 Å². The molecule has 0 rings (SSSR count). The Labute approximate surface area is 70.4 Å². The van der Waals surface area contributed by atoms with E-state index in [0.29, 0.717) is 5.92 Å². The van der Waals surface area contributed by atoms with Crippen molar-refractivity contribution >= 4 is 6.21 Å². The Morgan fingerprint density at radius 1 is 1.45 bits per heavy atom. The topological polar surface area (TPSA) is 24.4 Å². The molecule has 0 fully saturated rings. The number of hydrogen-bond acceptors (Lipinski definition) is 2. The van der Waals surface area contributed by atoms with Gasteiger partial charge in [-0.2, -0.15) is 5.10 Å². The maximum Gasteiger partial charge on any atom is 0.0496 e. The van der Waals surface area contributed by atoms with Gasteiger partial charge < -0.3 is 5.43 Å². The molecule has 0 unspecified atom stereocenters. The van der Waals surface area contributed by atoms with Crippen LogP contribution in [0.3, 0.4) is 0 Å². The maximum absolute atomic E-state index is 3.82. The highest BCUT2D eigenvalue weighted by molar-refractivity contribution is 5.77. The van der Waals surface area contributed by atoms with Gasteiger partial charge in [0, 0.05) is 13.3 Å². The van der Waals surface area contributed by atoms with E-state index in [1.807, 2.05) is 13.8 Å². The monoisotopic (exact) mass is 156 g/mol. The van der Waals surface area contributed by atoms with Gasteiger partial charge in [-0.05, 0) is 11.5 Å². The van der Waals surface area contributed by atoms with E-state index in [-0.39, 0.29) is 0 Å². The van der Waals surface area contributed by atoms with Crippen LogP contribution in [-0.4, -0.2) is 13.3 Å². The van der Waals surface area contributed by atoms with Gasteiger partial charge in [-0.25, -0.2) is 0 Å². The molecule has 0 aliphatic heterocycles. The molecule has 11 heavy (non-hydrogen) atoms. The first-order valence-electron chi connectivity index (χ1n) is 4.07. The summed E-state index contributed by atoms with van der Waals surface area (Å²) >= 11 is 0. The number of hydrogen-bond donors (Lipinski definition) is 1. The fraction of sp³-hybridized carbons (Fsp3) is 0.667. The summed E-state index contributed by atoms with van der Waals surface area (Å²) < 4.78 is 0. The first kappa shape index (κ1) is 12.8. The van der Waals surface area contributed by atoms with Crippen LogP contribution in [0.4, 0.5) is 0 Å². The summed E-state index contributed by atoms with van der Waals surface area (Å²) in [6, 6.07) is 0. The largest absolute Gasteiger partial charge is 0.313 e. The average Bonchev–Trinajstić information content (AvgIpc) is 2.03. The lowest BCUT2D eigenvalue weighted by molar-refractivity contribution is 0.804. The van der Waals surface area contributed by atoms with Gasteiger partial charge in [0.25, 0.3) is 0 Å². The molecule has 0 aromatic rings. The lowest BCUT2D eigenvalue weighted by atomic mass is 10.1. The van der Waals surface area contributed by atoms with Crippen LogP contribution in [0, 0.1) is 5.92 Å². The second kappa shape index (κ2) is 9.21. The molecular formula is C9H20N2. The summed E-state index contributed by atoms with van der Waals surface area (Å²) in [4.78, 5) is 0. The minimum absolute atomic E-state index is 0.488. The van der Waals surface area contributed by atoms with Crippen molar-refractivity contribution in [3.63, 3.8) is 0 Å². The molecule has 0 heterocycles. The zero-order valence-electron chi connectivity index (χ0n) is 8.31. The molecule has 0 aliphatic carbocycles. The molecule has 0 amide bonds. The summed E-state index contributed by atoms with van der Waals surface area (Å²) in [6.45, 7) is 12.0. The van der Waals surface area contributed by atoms with E-state index in [9.17, 15) is 0 Å². The third-order valence-corrected chi connectivity index (χ3v) is 1.10. The SMILES string of the molecule is C=C(/C=N\NC)C(C)C.CC. The lowest BCUT2D eigenvalue weighted by Crippen LogP contribution is -1.98. The van der Waals surface area contributed by atoms with E-state index in [0.717, 1.165) is 5.57 Å². The van der Waals surface area contributed by atoms with Gasteiger partial charge in [-0.1, -0.05) is 34.3 Å². The number of hydrazone groups is 1. The van der Waals surface area contributed by atoms with Crippen LogP contribution in [0.2, 0.25) is 0 Å². The molecule has 0 radical (unpaired) electrons. The van der Waals surface area contributed by atoms with Crippen LogP contribution in [0.25, 0.3) is 0 Å². The standard InChI is InChI=1S/C7H14N2.C2H6/c1-6(2)7(3)5-9-8-4;1-2/h5-6,8H,3H2,1-2,4H3;1-2H3/b9-5-;. The lowest BCUT2D eigenvalue weighted by Gasteiger charge is -2.00. The highest BCUT2D eigenvalue weighted by Gasteiger charge is 1.93. The minimum Gasteiger partial charge on any atom is -0.313 e. The van der Waals surface area contributed by atoms with Gasteiger partial charge in [0.05, 0.1) is 0 Å². The summed E-state index contributed by atoms with van der Waals surface area (Å²) in [5, 5.41) is 3.82. The fourth-order valence-electron chi connectivity index (χ4n) is 0.297. The average molecular weight is 156 g/mol. The molecule has 0 saturated heterocycles. The van der Waals surface area contributed by atoms with Gasteiger partial charge >= 0.3 is 0 Å². The Morgan fingerprint density at radius 2 is 1.91 bits per heavy atom. The normalized spacial score (nSPS) is 9.27. The predicted molar refractivity (Wildman–Crippen MR) is 52.9 cm³/mol. The second-order valence-corrected chi connectivity index (χ2v) is 2.21. The number of rotatable bonds is 3. The summed E-state index contributed by atoms with van der Waals surface area (Å²) in [7, 11) is 1.77.